The number of hydrogen-bond acceptors (Lipinski definition) is 3. The Morgan fingerprint density at radius 3 is 2.68 bits per heavy atom. The molecule has 1 atom stereocenters. The van der Waals surface area contributed by atoms with Crippen LogP contribution in [-0.4, -0.2) is 37.0 Å². The maximum Gasteiger partial charge on any atom is 0.234 e. The molecule has 2 aromatic rings. The van der Waals surface area contributed by atoms with Crippen LogP contribution in [0.3, 0.4) is 0 Å². The third kappa shape index (κ3) is 4.37. The Bertz CT molecular complexity index is 732. The molecule has 0 aromatic heterocycles. The van der Waals surface area contributed by atoms with Crippen LogP contribution in [0.5, 0.6) is 0 Å². The van der Waals surface area contributed by atoms with E-state index in [0.717, 1.165) is 18.7 Å². The second-order valence-corrected chi connectivity index (χ2v) is 6.67. The first-order valence-corrected chi connectivity index (χ1v) is 8.57. The van der Waals surface area contributed by atoms with Crippen molar-refractivity contribution in [2.45, 2.75) is 26.1 Å². The number of hydrogen-bond donors (Lipinski definition) is 1. The maximum absolute atomic E-state index is 12.9. The molecule has 0 radical (unpaired) electrons. The molecule has 1 aliphatic heterocycles. The molecular formula is C20H24FN3O. The Hall–Kier alpha value is -2.40. The summed E-state index contributed by atoms with van der Waals surface area (Å²) in [6.07, 6.45) is 0. The Labute approximate surface area is 148 Å². The number of halogens is 1. The van der Waals surface area contributed by atoms with E-state index in [1.807, 2.05) is 12.1 Å². The van der Waals surface area contributed by atoms with Crippen molar-refractivity contribution < 1.29 is 9.18 Å². The van der Waals surface area contributed by atoms with E-state index in [9.17, 15) is 9.18 Å². The third-order valence-corrected chi connectivity index (χ3v) is 4.69. The van der Waals surface area contributed by atoms with Crippen molar-refractivity contribution in [3.63, 3.8) is 0 Å². The van der Waals surface area contributed by atoms with Crippen LogP contribution in [0.25, 0.3) is 0 Å². The van der Waals surface area contributed by atoms with E-state index in [1.165, 1.54) is 23.4 Å². The fraction of sp³-hybridized carbons (Fsp3) is 0.350. The summed E-state index contributed by atoms with van der Waals surface area (Å²) in [5.41, 5.74) is 3.35. The fourth-order valence-corrected chi connectivity index (χ4v) is 3.26. The number of likely N-dealkylation sites (N-methyl/N-ethyl adjacent to an activating group) is 1. The predicted octanol–water partition coefficient (Wildman–Crippen LogP) is 2.78. The van der Waals surface area contributed by atoms with Gasteiger partial charge in [-0.1, -0.05) is 30.3 Å². The summed E-state index contributed by atoms with van der Waals surface area (Å²) in [5, 5.41) is 2.93. The van der Waals surface area contributed by atoms with Gasteiger partial charge < -0.3 is 10.2 Å². The first-order valence-electron chi connectivity index (χ1n) is 8.57. The minimum absolute atomic E-state index is 0.0155. The lowest BCUT2D eigenvalue weighted by Gasteiger charge is -2.27. The zero-order valence-electron chi connectivity index (χ0n) is 14.7. The zero-order valence-corrected chi connectivity index (χ0v) is 14.7. The summed E-state index contributed by atoms with van der Waals surface area (Å²) >= 11 is 0. The normalized spacial score (nSPS) is 17.7. The van der Waals surface area contributed by atoms with Gasteiger partial charge in [-0.25, -0.2) is 4.39 Å². The molecule has 0 fully saturated rings. The van der Waals surface area contributed by atoms with Crippen molar-refractivity contribution in [2.24, 2.45) is 0 Å². The van der Waals surface area contributed by atoms with Gasteiger partial charge in [0.05, 0.1) is 6.54 Å². The average molecular weight is 341 g/mol. The highest BCUT2D eigenvalue weighted by atomic mass is 19.1. The van der Waals surface area contributed by atoms with Gasteiger partial charge in [0.15, 0.2) is 0 Å². The van der Waals surface area contributed by atoms with Crippen LogP contribution < -0.4 is 10.2 Å². The molecule has 3 rings (SSSR count). The van der Waals surface area contributed by atoms with Crippen molar-refractivity contribution in [3.8, 4) is 0 Å². The lowest BCUT2D eigenvalue weighted by molar-refractivity contribution is -0.123. The van der Waals surface area contributed by atoms with E-state index in [-0.39, 0.29) is 17.8 Å². The number of fused-ring (bicyclic) bond motifs is 1. The molecule has 0 saturated heterocycles. The highest BCUT2D eigenvalue weighted by Crippen LogP contribution is 2.25. The Balaban J connectivity index is 1.61. The van der Waals surface area contributed by atoms with Crippen molar-refractivity contribution in [3.05, 3.63) is 65.5 Å². The largest absolute Gasteiger partial charge is 0.373 e. The summed E-state index contributed by atoms with van der Waals surface area (Å²) in [6.45, 7) is 4.55. The van der Waals surface area contributed by atoms with Gasteiger partial charge >= 0.3 is 0 Å². The van der Waals surface area contributed by atoms with E-state index in [4.69, 9.17) is 0 Å². The molecule has 25 heavy (non-hydrogen) atoms. The maximum atomic E-state index is 12.9. The van der Waals surface area contributed by atoms with E-state index >= 15 is 0 Å². The van der Waals surface area contributed by atoms with Crippen LogP contribution in [0, 0.1) is 5.82 Å². The van der Waals surface area contributed by atoms with Crippen molar-refractivity contribution in [1.82, 2.24) is 10.2 Å². The highest BCUT2D eigenvalue weighted by molar-refractivity contribution is 5.78. The van der Waals surface area contributed by atoms with Crippen LogP contribution in [-0.2, 0) is 17.9 Å². The average Bonchev–Trinajstić information content (AvgIpc) is 2.71. The number of amides is 1. The van der Waals surface area contributed by atoms with Crippen molar-refractivity contribution >= 4 is 11.6 Å². The number of anilines is 1. The fourth-order valence-electron chi connectivity index (χ4n) is 3.26. The number of nitrogens with one attached hydrogen (secondary N) is 1. The van der Waals surface area contributed by atoms with Crippen LogP contribution >= 0.6 is 0 Å². The number of carbonyl (C=O) groups is 1. The van der Waals surface area contributed by atoms with Gasteiger partial charge in [-0.3, -0.25) is 9.69 Å². The Kier molecular flexibility index (Phi) is 5.34. The SMILES string of the molecule is CC1CN(C)c2ccccc2CN1CC(=O)NCc1ccc(F)cc1. The summed E-state index contributed by atoms with van der Waals surface area (Å²) in [4.78, 5) is 16.8. The molecule has 5 heteroatoms. The molecule has 2 aromatic carbocycles. The third-order valence-electron chi connectivity index (χ3n) is 4.69. The number of nitrogens with zero attached hydrogens (tertiary/aromatic N) is 2. The van der Waals surface area contributed by atoms with Crippen molar-refractivity contribution in [1.29, 1.82) is 0 Å². The molecule has 4 nitrogen and oxygen atoms in total. The van der Waals surface area contributed by atoms with Gasteiger partial charge in [-0.2, -0.15) is 0 Å². The molecule has 1 heterocycles. The predicted molar refractivity (Wildman–Crippen MR) is 97.8 cm³/mol. The van der Waals surface area contributed by atoms with E-state index in [0.29, 0.717) is 13.1 Å². The van der Waals surface area contributed by atoms with Gasteiger partial charge in [0.1, 0.15) is 5.82 Å². The standard InChI is InChI=1S/C20H24FN3O/c1-15-12-23(2)19-6-4-3-5-17(19)13-24(15)14-20(25)22-11-16-7-9-18(21)10-8-16/h3-10,15H,11-14H2,1-2H3,(H,22,25). The van der Waals surface area contributed by atoms with Gasteiger partial charge in [-0.15, -0.1) is 0 Å². The van der Waals surface area contributed by atoms with Gasteiger partial charge in [0.2, 0.25) is 5.91 Å². The van der Waals surface area contributed by atoms with Crippen LogP contribution in [0.1, 0.15) is 18.1 Å². The number of carbonyl (C=O) groups excluding carboxylic acids is 1. The van der Waals surface area contributed by atoms with Gasteiger partial charge in [-0.05, 0) is 36.2 Å². The monoisotopic (exact) mass is 341 g/mol. The van der Waals surface area contributed by atoms with Crippen molar-refractivity contribution in [2.75, 3.05) is 25.0 Å². The second kappa shape index (κ2) is 7.66. The molecule has 1 unspecified atom stereocenters. The summed E-state index contributed by atoms with van der Waals surface area (Å²) in [7, 11) is 2.09. The minimum Gasteiger partial charge on any atom is -0.373 e. The minimum atomic E-state index is -0.267. The number of para-hydroxylation sites is 1. The molecule has 0 spiro atoms. The smallest absolute Gasteiger partial charge is 0.234 e. The molecule has 1 amide bonds. The molecule has 132 valence electrons. The van der Waals surface area contributed by atoms with Gasteiger partial charge in [0.25, 0.3) is 0 Å². The molecular weight excluding hydrogens is 317 g/mol. The van der Waals surface area contributed by atoms with E-state index in [1.54, 1.807) is 12.1 Å². The molecule has 0 aliphatic carbocycles. The lowest BCUT2D eigenvalue weighted by Crippen LogP contribution is -2.43. The topological polar surface area (TPSA) is 35.6 Å². The number of rotatable bonds is 4. The van der Waals surface area contributed by atoms with Crippen LogP contribution in [0.2, 0.25) is 0 Å². The summed E-state index contributed by atoms with van der Waals surface area (Å²) in [6, 6.07) is 14.8. The van der Waals surface area contributed by atoms with Crippen LogP contribution in [0.15, 0.2) is 48.5 Å². The highest BCUT2D eigenvalue weighted by Gasteiger charge is 2.24. The lowest BCUT2D eigenvalue weighted by atomic mass is 10.1. The molecule has 1 aliphatic rings. The quantitative estimate of drug-likeness (QED) is 0.929. The molecule has 1 N–H and O–H groups in total. The Morgan fingerprint density at radius 2 is 1.92 bits per heavy atom. The van der Waals surface area contributed by atoms with Crippen LogP contribution in [0.4, 0.5) is 10.1 Å². The Morgan fingerprint density at radius 1 is 1.20 bits per heavy atom. The second-order valence-electron chi connectivity index (χ2n) is 6.67. The first kappa shape index (κ1) is 17.4. The molecule has 0 saturated carbocycles. The summed E-state index contributed by atoms with van der Waals surface area (Å²) < 4.78 is 12.9. The van der Waals surface area contributed by atoms with E-state index < -0.39 is 0 Å². The van der Waals surface area contributed by atoms with E-state index in [2.05, 4.69) is 41.2 Å². The van der Waals surface area contributed by atoms with Gasteiger partial charge in [0, 0.05) is 38.4 Å². The number of benzene rings is 2. The zero-order chi connectivity index (χ0) is 17.8. The first-order chi connectivity index (χ1) is 12.0. The molecule has 0 bridgehead atoms. The summed E-state index contributed by atoms with van der Waals surface area (Å²) in [5.74, 6) is -0.283.